The number of aromatic nitrogens is 3. The van der Waals surface area contributed by atoms with Crippen LogP contribution in [-0.4, -0.2) is 21.7 Å². The van der Waals surface area contributed by atoms with Gasteiger partial charge in [0.1, 0.15) is 6.33 Å². The first-order chi connectivity index (χ1) is 9.00. The molecule has 1 aromatic carbocycles. The van der Waals surface area contributed by atoms with Crippen molar-refractivity contribution in [2.24, 2.45) is 5.73 Å². The molecule has 2 rings (SSSR count). The van der Waals surface area contributed by atoms with E-state index in [4.69, 9.17) is 5.73 Å². The van der Waals surface area contributed by atoms with Crippen molar-refractivity contribution in [1.29, 1.82) is 0 Å². The molecule has 0 saturated carbocycles. The van der Waals surface area contributed by atoms with E-state index in [0.29, 0.717) is 23.7 Å². The summed E-state index contributed by atoms with van der Waals surface area (Å²) in [6.45, 7) is 0.311. The lowest BCUT2D eigenvalue weighted by molar-refractivity contribution is -0.139. The van der Waals surface area contributed by atoms with Gasteiger partial charge in [-0.2, -0.15) is 18.3 Å². The molecule has 0 aliphatic carbocycles. The molecular formula is C11H11F3N4S. The summed E-state index contributed by atoms with van der Waals surface area (Å²) in [5, 5.41) is 6.44. The monoisotopic (exact) mass is 288 g/mol. The summed E-state index contributed by atoms with van der Waals surface area (Å²) in [4.78, 5) is 3.89. The van der Waals surface area contributed by atoms with E-state index in [1.54, 1.807) is 6.07 Å². The number of halogens is 3. The Labute approximate surface area is 111 Å². The molecular weight excluding hydrogens is 277 g/mol. The number of hydrogen-bond donors (Lipinski definition) is 2. The summed E-state index contributed by atoms with van der Waals surface area (Å²) in [7, 11) is 0. The fourth-order valence-corrected chi connectivity index (χ4v) is 2.38. The van der Waals surface area contributed by atoms with Gasteiger partial charge in [-0.15, -0.1) is 0 Å². The predicted octanol–water partition coefficient (Wildman–Crippen LogP) is 2.48. The molecule has 1 heterocycles. The molecule has 0 atom stereocenters. The SMILES string of the molecule is NCCc1ccc(Sc2ncn[nH]2)c(C(F)(F)F)c1. The molecule has 8 heteroatoms. The quantitative estimate of drug-likeness (QED) is 0.907. The average Bonchev–Trinajstić information content (AvgIpc) is 2.83. The first-order valence-electron chi connectivity index (χ1n) is 5.44. The van der Waals surface area contributed by atoms with Crippen LogP contribution in [0.5, 0.6) is 0 Å². The number of H-pyrrole nitrogens is 1. The van der Waals surface area contributed by atoms with E-state index in [1.165, 1.54) is 12.4 Å². The van der Waals surface area contributed by atoms with Crippen molar-refractivity contribution in [2.45, 2.75) is 22.6 Å². The van der Waals surface area contributed by atoms with Gasteiger partial charge in [-0.05, 0) is 42.4 Å². The van der Waals surface area contributed by atoms with Gasteiger partial charge in [0.15, 0.2) is 5.16 Å². The average molecular weight is 288 g/mol. The van der Waals surface area contributed by atoms with Crippen LogP contribution in [0.2, 0.25) is 0 Å². The first kappa shape index (κ1) is 13.9. The third-order valence-corrected chi connectivity index (χ3v) is 3.35. The minimum Gasteiger partial charge on any atom is -0.330 e. The highest BCUT2D eigenvalue weighted by Crippen LogP contribution is 2.39. The van der Waals surface area contributed by atoms with Crippen LogP contribution in [0.1, 0.15) is 11.1 Å². The number of rotatable bonds is 4. The molecule has 0 fully saturated rings. The summed E-state index contributed by atoms with van der Waals surface area (Å²) >= 11 is 0.894. The van der Waals surface area contributed by atoms with Gasteiger partial charge in [-0.1, -0.05) is 6.07 Å². The van der Waals surface area contributed by atoms with Gasteiger partial charge in [0.05, 0.1) is 5.56 Å². The molecule has 0 bridgehead atoms. The van der Waals surface area contributed by atoms with Crippen molar-refractivity contribution in [1.82, 2.24) is 15.2 Å². The van der Waals surface area contributed by atoms with E-state index in [2.05, 4.69) is 15.2 Å². The zero-order valence-corrected chi connectivity index (χ0v) is 10.6. The topological polar surface area (TPSA) is 67.6 Å². The normalized spacial score (nSPS) is 11.8. The third-order valence-electron chi connectivity index (χ3n) is 2.38. The molecule has 0 amide bonds. The summed E-state index contributed by atoms with van der Waals surface area (Å²) in [5.74, 6) is 0. The fraction of sp³-hybridized carbons (Fsp3) is 0.273. The van der Waals surface area contributed by atoms with Crippen LogP contribution in [0.15, 0.2) is 34.6 Å². The third kappa shape index (κ3) is 3.48. The summed E-state index contributed by atoms with van der Waals surface area (Å²) in [6, 6.07) is 4.20. The lowest BCUT2D eigenvalue weighted by atomic mass is 10.1. The first-order valence-corrected chi connectivity index (χ1v) is 6.26. The molecule has 0 saturated heterocycles. The molecule has 2 aromatic rings. The van der Waals surface area contributed by atoms with Crippen molar-refractivity contribution < 1.29 is 13.2 Å². The number of nitrogens with two attached hydrogens (primary N) is 1. The Hall–Kier alpha value is -1.54. The molecule has 0 spiro atoms. The van der Waals surface area contributed by atoms with Crippen LogP contribution in [0.4, 0.5) is 13.2 Å². The van der Waals surface area contributed by atoms with Crippen molar-refractivity contribution in [2.75, 3.05) is 6.54 Å². The fourth-order valence-electron chi connectivity index (χ4n) is 1.56. The second kappa shape index (κ2) is 5.62. The molecule has 3 N–H and O–H groups in total. The van der Waals surface area contributed by atoms with Crippen molar-refractivity contribution >= 4 is 11.8 Å². The number of nitrogens with zero attached hydrogens (tertiary/aromatic N) is 2. The lowest BCUT2D eigenvalue weighted by Crippen LogP contribution is -2.09. The van der Waals surface area contributed by atoms with Gasteiger partial charge in [0, 0.05) is 4.90 Å². The highest BCUT2D eigenvalue weighted by molar-refractivity contribution is 7.99. The van der Waals surface area contributed by atoms with Gasteiger partial charge in [-0.3, -0.25) is 5.10 Å². The minimum atomic E-state index is -4.41. The van der Waals surface area contributed by atoms with Gasteiger partial charge in [0.25, 0.3) is 0 Å². The number of alkyl halides is 3. The summed E-state index contributed by atoms with van der Waals surface area (Å²) in [5.41, 5.74) is 5.24. The van der Waals surface area contributed by atoms with Gasteiger partial charge < -0.3 is 5.73 Å². The summed E-state index contributed by atoms with van der Waals surface area (Å²) < 4.78 is 39.0. The van der Waals surface area contributed by atoms with E-state index >= 15 is 0 Å². The molecule has 0 aliphatic rings. The molecule has 0 aliphatic heterocycles. The van der Waals surface area contributed by atoms with E-state index < -0.39 is 11.7 Å². The van der Waals surface area contributed by atoms with E-state index in [1.807, 2.05) is 0 Å². The van der Waals surface area contributed by atoms with Crippen LogP contribution < -0.4 is 5.73 Å². The second-order valence-corrected chi connectivity index (χ2v) is 4.79. The maximum atomic E-state index is 13.0. The highest BCUT2D eigenvalue weighted by Gasteiger charge is 2.34. The van der Waals surface area contributed by atoms with Crippen LogP contribution in [0, 0.1) is 0 Å². The Balaban J connectivity index is 2.36. The molecule has 0 unspecified atom stereocenters. The second-order valence-electron chi connectivity index (χ2n) is 3.76. The number of hydrogen-bond acceptors (Lipinski definition) is 4. The van der Waals surface area contributed by atoms with Crippen LogP contribution in [0.3, 0.4) is 0 Å². The minimum absolute atomic E-state index is 0.0880. The maximum Gasteiger partial charge on any atom is 0.417 e. The molecule has 0 radical (unpaired) electrons. The zero-order chi connectivity index (χ0) is 13.9. The van der Waals surface area contributed by atoms with Gasteiger partial charge in [0.2, 0.25) is 0 Å². The number of benzene rings is 1. The Morgan fingerprint density at radius 1 is 1.32 bits per heavy atom. The van der Waals surface area contributed by atoms with E-state index in [-0.39, 0.29) is 4.90 Å². The van der Waals surface area contributed by atoms with Crippen molar-refractivity contribution in [3.8, 4) is 0 Å². The van der Waals surface area contributed by atoms with Gasteiger partial charge in [-0.25, -0.2) is 4.98 Å². The standard InChI is InChI=1S/C11H11F3N4S/c12-11(13,14)8-5-7(3-4-15)1-2-9(8)19-10-16-6-17-18-10/h1-2,5-6H,3-4,15H2,(H,16,17,18). The Kier molecular flexibility index (Phi) is 4.11. The van der Waals surface area contributed by atoms with Crippen LogP contribution >= 0.6 is 11.8 Å². The molecule has 19 heavy (non-hydrogen) atoms. The highest BCUT2D eigenvalue weighted by atomic mass is 32.2. The van der Waals surface area contributed by atoms with Gasteiger partial charge >= 0.3 is 6.18 Å². The Bertz CT molecular complexity index is 539. The molecule has 4 nitrogen and oxygen atoms in total. The maximum absolute atomic E-state index is 13.0. The molecule has 102 valence electrons. The van der Waals surface area contributed by atoms with E-state index in [9.17, 15) is 13.2 Å². The predicted molar refractivity (Wildman–Crippen MR) is 64.7 cm³/mol. The largest absolute Gasteiger partial charge is 0.417 e. The lowest BCUT2D eigenvalue weighted by Gasteiger charge is -2.13. The Morgan fingerprint density at radius 3 is 2.68 bits per heavy atom. The smallest absolute Gasteiger partial charge is 0.330 e. The van der Waals surface area contributed by atoms with Crippen LogP contribution in [-0.2, 0) is 12.6 Å². The number of nitrogens with one attached hydrogen (secondary N) is 1. The Morgan fingerprint density at radius 2 is 2.11 bits per heavy atom. The van der Waals surface area contributed by atoms with Crippen LogP contribution in [0.25, 0.3) is 0 Å². The van der Waals surface area contributed by atoms with Crippen molar-refractivity contribution in [3.05, 3.63) is 35.7 Å². The zero-order valence-electron chi connectivity index (χ0n) is 9.74. The number of aromatic amines is 1. The summed E-state index contributed by atoms with van der Waals surface area (Å²) in [6.07, 6.45) is -2.75. The van der Waals surface area contributed by atoms with Crippen molar-refractivity contribution in [3.63, 3.8) is 0 Å². The molecule has 1 aromatic heterocycles. The van der Waals surface area contributed by atoms with E-state index in [0.717, 1.165) is 17.8 Å².